The molecule has 0 aromatic heterocycles. The zero-order chi connectivity index (χ0) is 15.8. The third kappa shape index (κ3) is 5.33. The van der Waals surface area contributed by atoms with Crippen molar-refractivity contribution in [1.29, 1.82) is 0 Å². The van der Waals surface area contributed by atoms with Gasteiger partial charge in [-0.25, -0.2) is 5.43 Å². The molecule has 0 saturated carbocycles. The standard InChI is InChI=1S/C17H17BrN2O2/c1-2-22-16-9-5-14(6-10-16)12-19-20-17(21)11-13-3-7-15(18)8-4-13/h3-10,12H,2,11H2,1H3,(H,20,21). The molecule has 0 saturated heterocycles. The average molecular weight is 361 g/mol. The van der Waals surface area contributed by atoms with Gasteiger partial charge in [0.15, 0.2) is 0 Å². The summed E-state index contributed by atoms with van der Waals surface area (Å²) in [5, 5.41) is 3.96. The SMILES string of the molecule is CCOc1ccc(C=NNC(=O)Cc2ccc(Br)cc2)cc1. The summed E-state index contributed by atoms with van der Waals surface area (Å²) in [5.41, 5.74) is 4.36. The average Bonchev–Trinajstić information content (AvgIpc) is 2.52. The van der Waals surface area contributed by atoms with E-state index in [9.17, 15) is 4.79 Å². The highest BCUT2D eigenvalue weighted by atomic mass is 79.9. The molecule has 114 valence electrons. The normalized spacial score (nSPS) is 10.6. The lowest BCUT2D eigenvalue weighted by atomic mass is 10.1. The molecular weight excluding hydrogens is 344 g/mol. The molecule has 5 heteroatoms. The minimum absolute atomic E-state index is 0.149. The fourth-order valence-electron chi connectivity index (χ4n) is 1.82. The Balaban J connectivity index is 1.83. The maximum Gasteiger partial charge on any atom is 0.244 e. The molecule has 0 aliphatic heterocycles. The van der Waals surface area contributed by atoms with Crippen LogP contribution in [0.4, 0.5) is 0 Å². The molecule has 0 heterocycles. The van der Waals surface area contributed by atoms with Crippen molar-refractivity contribution < 1.29 is 9.53 Å². The molecule has 0 aliphatic carbocycles. The summed E-state index contributed by atoms with van der Waals surface area (Å²) in [7, 11) is 0. The molecule has 22 heavy (non-hydrogen) atoms. The number of carbonyl (C=O) groups is 1. The monoisotopic (exact) mass is 360 g/mol. The maximum absolute atomic E-state index is 11.8. The van der Waals surface area contributed by atoms with E-state index in [1.54, 1.807) is 6.21 Å². The van der Waals surface area contributed by atoms with E-state index in [1.807, 2.05) is 55.5 Å². The molecule has 2 aromatic rings. The van der Waals surface area contributed by atoms with Gasteiger partial charge in [0.25, 0.3) is 0 Å². The number of carbonyl (C=O) groups excluding carboxylic acids is 1. The van der Waals surface area contributed by atoms with Gasteiger partial charge in [-0.15, -0.1) is 0 Å². The minimum atomic E-state index is -0.149. The Bertz CT molecular complexity index is 637. The van der Waals surface area contributed by atoms with Gasteiger partial charge in [0.05, 0.1) is 19.2 Å². The highest BCUT2D eigenvalue weighted by Gasteiger charge is 2.01. The summed E-state index contributed by atoms with van der Waals surface area (Å²) in [4.78, 5) is 11.8. The van der Waals surface area contributed by atoms with Crippen LogP contribution in [0, 0.1) is 0 Å². The van der Waals surface area contributed by atoms with Gasteiger partial charge in [0, 0.05) is 4.47 Å². The molecule has 1 amide bonds. The molecule has 0 aliphatic rings. The van der Waals surface area contributed by atoms with E-state index in [2.05, 4.69) is 26.5 Å². The van der Waals surface area contributed by atoms with Crippen molar-refractivity contribution in [3.63, 3.8) is 0 Å². The molecular formula is C17H17BrN2O2. The quantitative estimate of drug-likeness (QED) is 0.632. The Kier molecular flexibility index (Phi) is 6.15. The molecule has 0 fully saturated rings. The van der Waals surface area contributed by atoms with Crippen molar-refractivity contribution in [1.82, 2.24) is 5.43 Å². The number of rotatable bonds is 6. The second kappa shape index (κ2) is 8.34. The second-order valence-electron chi connectivity index (χ2n) is 4.60. The predicted octanol–water partition coefficient (Wildman–Crippen LogP) is 3.54. The van der Waals surface area contributed by atoms with E-state index < -0.39 is 0 Å². The van der Waals surface area contributed by atoms with Gasteiger partial charge in [0.1, 0.15) is 5.75 Å². The molecule has 0 spiro atoms. The third-order valence-corrected chi connectivity index (χ3v) is 3.40. The van der Waals surface area contributed by atoms with Crippen molar-refractivity contribution in [2.45, 2.75) is 13.3 Å². The molecule has 0 bridgehead atoms. The Labute approximate surface area is 138 Å². The van der Waals surface area contributed by atoms with E-state index in [0.717, 1.165) is 21.3 Å². The lowest BCUT2D eigenvalue weighted by Crippen LogP contribution is -2.19. The van der Waals surface area contributed by atoms with Gasteiger partial charge < -0.3 is 4.74 Å². The first-order valence-corrected chi connectivity index (χ1v) is 7.76. The van der Waals surface area contributed by atoms with Crippen molar-refractivity contribution in [3.05, 3.63) is 64.1 Å². The van der Waals surface area contributed by atoms with Gasteiger partial charge in [0.2, 0.25) is 5.91 Å². The predicted molar refractivity (Wildman–Crippen MR) is 91.2 cm³/mol. The first-order chi connectivity index (χ1) is 10.7. The van der Waals surface area contributed by atoms with Crippen molar-refractivity contribution >= 4 is 28.1 Å². The smallest absolute Gasteiger partial charge is 0.244 e. The topological polar surface area (TPSA) is 50.7 Å². The minimum Gasteiger partial charge on any atom is -0.494 e. The molecule has 4 nitrogen and oxygen atoms in total. The van der Waals surface area contributed by atoms with Crippen LogP contribution < -0.4 is 10.2 Å². The van der Waals surface area contributed by atoms with Gasteiger partial charge in [-0.05, 0) is 54.4 Å². The second-order valence-corrected chi connectivity index (χ2v) is 5.51. The van der Waals surface area contributed by atoms with Gasteiger partial charge in [-0.3, -0.25) is 4.79 Å². The van der Waals surface area contributed by atoms with Crippen LogP contribution in [0.5, 0.6) is 5.75 Å². The molecule has 0 radical (unpaired) electrons. The first-order valence-electron chi connectivity index (χ1n) is 6.96. The fraction of sp³-hybridized carbons (Fsp3) is 0.176. The van der Waals surface area contributed by atoms with Crippen molar-refractivity contribution in [2.24, 2.45) is 5.10 Å². The summed E-state index contributed by atoms with van der Waals surface area (Å²) in [5.74, 6) is 0.670. The number of nitrogens with zero attached hydrogens (tertiary/aromatic N) is 1. The largest absolute Gasteiger partial charge is 0.494 e. The molecule has 0 unspecified atom stereocenters. The molecule has 1 N–H and O–H groups in total. The zero-order valence-electron chi connectivity index (χ0n) is 12.3. The van der Waals surface area contributed by atoms with Crippen LogP contribution in [0.1, 0.15) is 18.1 Å². The summed E-state index contributed by atoms with van der Waals surface area (Å²) in [6.45, 7) is 2.58. The van der Waals surface area contributed by atoms with Crippen LogP contribution in [0.15, 0.2) is 58.1 Å². The maximum atomic E-state index is 11.8. The van der Waals surface area contributed by atoms with Crippen LogP contribution in [0.2, 0.25) is 0 Å². The number of hydrogen-bond donors (Lipinski definition) is 1. The lowest BCUT2D eigenvalue weighted by molar-refractivity contribution is -0.120. The van der Waals surface area contributed by atoms with Gasteiger partial charge in [-0.1, -0.05) is 28.1 Å². The zero-order valence-corrected chi connectivity index (χ0v) is 13.8. The summed E-state index contributed by atoms with van der Waals surface area (Å²) in [6, 6.07) is 15.1. The Morgan fingerprint density at radius 3 is 2.50 bits per heavy atom. The number of hydrazone groups is 1. The summed E-state index contributed by atoms with van der Waals surface area (Å²) < 4.78 is 6.35. The summed E-state index contributed by atoms with van der Waals surface area (Å²) >= 11 is 3.36. The Morgan fingerprint density at radius 2 is 1.86 bits per heavy atom. The third-order valence-electron chi connectivity index (χ3n) is 2.87. The van der Waals surface area contributed by atoms with Crippen LogP contribution in [-0.4, -0.2) is 18.7 Å². The lowest BCUT2D eigenvalue weighted by Gasteiger charge is -2.02. The molecule has 2 rings (SSSR count). The van der Waals surface area contributed by atoms with E-state index >= 15 is 0 Å². The van der Waals surface area contributed by atoms with Crippen LogP contribution in [0.25, 0.3) is 0 Å². The number of benzene rings is 2. The van der Waals surface area contributed by atoms with Crippen LogP contribution in [-0.2, 0) is 11.2 Å². The fourth-order valence-corrected chi connectivity index (χ4v) is 2.09. The molecule has 0 atom stereocenters. The van der Waals surface area contributed by atoms with E-state index in [-0.39, 0.29) is 5.91 Å². The Morgan fingerprint density at radius 1 is 1.18 bits per heavy atom. The van der Waals surface area contributed by atoms with Gasteiger partial charge in [-0.2, -0.15) is 5.10 Å². The van der Waals surface area contributed by atoms with Crippen molar-refractivity contribution in [2.75, 3.05) is 6.61 Å². The van der Waals surface area contributed by atoms with E-state index in [0.29, 0.717) is 13.0 Å². The van der Waals surface area contributed by atoms with Gasteiger partial charge >= 0.3 is 0 Å². The van der Waals surface area contributed by atoms with E-state index in [4.69, 9.17) is 4.74 Å². The number of ether oxygens (including phenoxy) is 1. The van der Waals surface area contributed by atoms with Crippen molar-refractivity contribution in [3.8, 4) is 5.75 Å². The summed E-state index contributed by atoms with van der Waals surface area (Å²) in [6.07, 6.45) is 1.91. The number of amides is 1. The van der Waals surface area contributed by atoms with Crippen LogP contribution >= 0.6 is 15.9 Å². The highest BCUT2D eigenvalue weighted by Crippen LogP contribution is 2.11. The highest BCUT2D eigenvalue weighted by molar-refractivity contribution is 9.10. The number of halogens is 1. The number of nitrogens with one attached hydrogen (secondary N) is 1. The van der Waals surface area contributed by atoms with E-state index in [1.165, 1.54) is 0 Å². The molecule has 2 aromatic carbocycles. The Hall–Kier alpha value is -2.14. The first kappa shape index (κ1) is 16.2. The van der Waals surface area contributed by atoms with Crippen LogP contribution in [0.3, 0.4) is 0 Å². The number of hydrogen-bond acceptors (Lipinski definition) is 3.